The molecule has 0 unspecified atom stereocenters. The number of hydrogen-bond acceptors (Lipinski definition) is 4. The van der Waals surface area contributed by atoms with Crippen LogP contribution < -0.4 is 10.6 Å². The predicted octanol–water partition coefficient (Wildman–Crippen LogP) is 1.10. The summed E-state index contributed by atoms with van der Waals surface area (Å²) in [4.78, 5) is 20.7. The van der Waals surface area contributed by atoms with E-state index in [4.69, 9.17) is 0 Å². The first-order valence-corrected chi connectivity index (χ1v) is 5.55. The van der Waals surface area contributed by atoms with Crippen LogP contribution in [-0.4, -0.2) is 23.9 Å². The zero-order valence-corrected chi connectivity index (χ0v) is 10.2. The molecule has 1 rings (SSSR count). The molecule has 1 amide bonds. The highest BCUT2D eigenvalue weighted by Crippen LogP contribution is 2.21. The van der Waals surface area contributed by atoms with Crippen molar-refractivity contribution >= 4 is 11.6 Å². The molecule has 0 aromatic heterocycles. The second-order valence-corrected chi connectivity index (χ2v) is 3.71. The first-order chi connectivity index (χ1) is 8.95. The number of likely N-dealkylation sites (N-methyl/N-ethyl adjacent to an activating group) is 1. The predicted molar refractivity (Wildman–Crippen MR) is 63.4 cm³/mol. The Balaban J connectivity index is 2.70. The molecule has 0 saturated heterocycles. The number of hydrogen-bond donors (Lipinski definition) is 2. The van der Waals surface area contributed by atoms with Gasteiger partial charge in [-0.3, -0.25) is 14.9 Å². The lowest BCUT2D eigenvalue weighted by atomic mass is 10.2. The van der Waals surface area contributed by atoms with Gasteiger partial charge in [0.25, 0.3) is 0 Å². The van der Waals surface area contributed by atoms with E-state index in [1.54, 1.807) is 6.92 Å². The Bertz CT molecular complexity index is 494. The van der Waals surface area contributed by atoms with Crippen molar-refractivity contribution in [3.8, 4) is 0 Å². The summed E-state index contributed by atoms with van der Waals surface area (Å²) >= 11 is 0. The largest absolute Gasteiger partial charge is 0.355 e. The van der Waals surface area contributed by atoms with E-state index in [1.807, 2.05) is 0 Å². The Morgan fingerprint density at radius 2 is 2.05 bits per heavy atom. The minimum Gasteiger partial charge on any atom is -0.355 e. The number of amides is 1. The third-order valence-corrected chi connectivity index (χ3v) is 2.29. The molecule has 0 aliphatic rings. The van der Waals surface area contributed by atoms with Crippen molar-refractivity contribution in [2.45, 2.75) is 13.5 Å². The normalized spacial score (nSPS) is 10.3. The van der Waals surface area contributed by atoms with Crippen molar-refractivity contribution in [2.75, 3.05) is 13.1 Å². The number of nitro benzene ring substituents is 1. The number of nitrogens with one attached hydrogen (secondary N) is 2. The Morgan fingerprint density at radius 1 is 1.37 bits per heavy atom. The van der Waals surface area contributed by atoms with Crippen molar-refractivity contribution in [1.29, 1.82) is 0 Å². The molecule has 0 atom stereocenters. The molecule has 8 heteroatoms. The third kappa shape index (κ3) is 4.25. The average Bonchev–Trinajstić information content (AvgIpc) is 2.31. The third-order valence-electron chi connectivity index (χ3n) is 2.29. The Kier molecular flexibility index (Phi) is 5.31. The van der Waals surface area contributed by atoms with Crippen molar-refractivity contribution in [2.24, 2.45) is 0 Å². The molecule has 0 bridgehead atoms. The number of nitrogens with zero attached hydrogens (tertiary/aromatic N) is 1. The molecule has 0 fully saturated rings. The monoisotopic (exact) mass is 273 g/mol. The van der Waals surface area contributed by atoms with Crippen LogP contribution in [0.15, 0.2) is 12.1 Å². The maximum absolute atomic E-state index is 13.4. The molecule has 19 heavy (non-hydrogen) atoms. The smallest absolute Gasteiger partial charge is 0.305 e. The van der Waals surface area contributed by atoms with Gasteiger partial charge in [0, 0.05) is 30.8 Å². The van der Waals surface area contributed by atoms with Crippen LogP contribution in [0.25, 0.3) is 0 Å². The first kappa shape index (κ1) is 15.0. The van der Waals surface area contributed by atoms with Gasteiger partial charge < -0.3 is 10.6 Å². The lowest BCUT2D eigenvalue weighted by molar-refractivity contribution is -0.387. The molecule has 1 aromatic carbocycles. The van der Waals surface area contributed by atoms with E-state index in [9.17, 15) is 23.7 Å². The van der Waals surface area contributed by atoms with Crippen molar-refractivity contribution in [1.82, 2.24) is 10.6 Å². The molecule has 0 aliphatic heterocycles. The summed E-state index contributed by atoms with van der Waals surface area (Å²) < 4.78 is 26.4. The van der Waals surface area contributed by atoms with Gasteiger partial charge in [-0.15, -0.1) is 0 Å². The summed E-state index contributed by atoms with van der Waals surface area (Å²) in [5.74, 6) is -2.40. The molecule has 0 radical (unpaired) electrons. The zero-order chi connectivity index (χ0) is 14.4. The molecule has 0 spiro atoms. The SMILES string of the molecule is CCNC(=O)CNCc1cc([N+](=O)[O-])c(F)cc1F. The molecule has 6 nitrogen and oxygen atoms in total. The highest BCUT2D eigenvalue weighted by molar-refractivity contribution is 5.77. The lowest BCUT2D eigenvalue weighted by Crippen LogP contribution is -2.33. The van der Waals surface area contributed by atoms with Crippen LogP contribution in [0.4, 0.5) is 14.5 Å². The summed E-state index contributed by atoms with van der Waals surface area (Å²) in [7, 11) is 0. The van der Waals surface area contributed by atoms with Gasteiger partial charge in [-0.1, -0.05) is 0 Å². The fraction of sp³-hybridized carbons (Fsp3) is 0.364. The van der Waals surface area contributed by atoms with Gasteiger partial charge in [-0.25, -0.2) is 4.39 Å². The minimum atomic E-state index is -1.23. The van der Waals surface area contributed by atoms with Crippen LogP contribution in [-0.2, 0) is 11.3 Å². The van der Waals surface area contributed by atoms with E-state index in [0.29, 0.717) is 12.6 Å². The summed E-state index contributed by atoms with van der Waals surface area (Å²) in [6.45, 7) is 2.06. The Hall–Kier alpha value is -2.09. The molecule has 104 valence electrons. The van der Waals surface area contributed by atoms with Crippen molar-refractivity contribution < 1.29 is 18.5 Å². The number of carbonyl (C=O) groups is 1. The fourth-order valence-corrected chi connectivity index (χ4v) is 1.43. The number of halogens is 2. The molecule has 0 heterocycles. The summed E-state index contributed by atoms with van der Waals surface area (Å²) in [5.41, 5.74) is -0.867. The van der Waals surface area contributed by atoms with Crippen LogP contribution in [0.3, 0.4) is 0 Å². The van der Waals surface area contributed by atoms with Crippen molar-refractivity contribution in [3.63, 3.8) is 0 Å². The van der Waals surface area contributed by atoms with Crippen molar-refractivity contribution in [3.05, 3.63) is 39.4 Å². The number of nitro groups is 1. The van der Waals surface area contributed by atoms with Gasteiger partial charge in [0.05, 0.1) is 11.5 Å². The molecular formula is C11H13F2N3O3. The molecule has 2 N–H and O–H groups in total. The van der Waals surface area contributed by atoms with Gasteiger partial charge in [-0.05, 0) is 6.92 Å². The van der Waals surface area contributed by atoms with Crippen LogP contribution >= 0.6 is 0 Å². The maximum Gasteiger partial charge on any atom is 0.305 e. The Labute approximate surface area is 108 Å². The van der Waals surface area contributed by atoms with E-state index in [0.717, 1.165) is 6.07 Å². The maximum atomic E-state index is 13.4. The minimum absolute atomic E-state index is 0.0571. The summed E-state index contributed by atoms with van der Waals surface area (Å²) in [6.07, 6.45) is 0. The number of rotatable bonds is 6. The van der Waals surface area contributed by atoms with Gasteiger partial charge >= 0.3 is 5.69 Å². The van der Waals surface area contributed by atoms with Crippen LogP contribution in [0, 0.1) is 21.7 Å². The topological polar surface area (TPSA) is 84.3 Å². The number of benzene rings is 1. The quantitative estimate of drug-likeness (QED) is 0.600. The first-order valence-electron chi connectivity index (χ1n) is 5.55. The second kappa shape index (κ2) is 6.74. The van der Waals surface area contributed by atoms with Gasteiger partial charge in [-0.2, -0.15) is 4.39 Å². The van der Waals surface area contributed by atoms with E-state index in [-0.39, 0.29) is 24.6 Å². The fourth-order valence-electron chi connectivity index (χ4n) is 1.43. The zero-order valence-electron chi connectivity index (χ0n) is 10.2. The van der Waals surface area contributed by atoms with Crippen LogP contribution in [0.5, 0.6) is 0 Å². The summed E-state index contributed by atoms with van der Waals surface area (Å²) in [6, 6.07) is 1.27. The van der Waals surface area contributed by atoms with E-state index in [2.05, 4.69) is 10.6 Å². The van der Waals surface area contributed by atoms with Crippen LogP contribution in [0.1, 0.15) is 12.5 Å². The second-order valence-electron chi connectivity index (χ2n) is 3.71. The number of carbonyl (C=O) groups excluding carboxylic acids is 1. The van der Waals surface area contributed by atoms with Gasteiger partial charge in [0.2, 0.25) is 11.7 Å². The van der Waals surface area contributed by atoms with E-state index < -0.39 is 22.2 Å². The molecular weight excluding hydrogens is 260 g/mol. The Morgan fingerprint density at radius 3 is 2.63 bits per heavy atom. The van der Waals surface area contributed by atoms with E-state index >= 15 is 0 Å². The van der Waals surface area contributed by atoms with Crippen LogP contribution in [0.2, 0.25) is 0 Å². The molecule has 0 aliphatic carbocycles. The molecule has 1 aromatic rings. The standard InChI is InChI=1S/C11H13F2N3O3/c1-2-15-11(17)6-14-5-7-3-10(16(18)19)9(13)4-8(7)12/h3-4,14H,2,5-6H2,1H3,(H,15,17). The van der Waals surface area contributed by atoms with E-state index in [1.165, 1.54) is 0 Å². The summed E-state index contributed by atoms with van der Waals surface area (Å²) in [5, 5.41) is 15.6. The van der Waals surface area contributed by atoms with Gasteiger partial charge in [0.15, 0.2) is 0 Å². The highest BCUT2D eigenvalue weighted by atomic mass is 19.1. The lowest BCUT2D eigenvalue weighted by Gasteiger charge is -2.06. The highest BCUT2D eigenvalue weighted by Gasteiger charge is 2.18. The van der Waals surface area contributed by atoms with Gasteiger partial charge in [0.1, 0.15) is 5.82 Å². The molecule has 0 saturated carbocycles. The average molecular weight is 273 g/mol.